The van der Waals surface area contributed by atoms with Crippen LogP contribution in [0.1, 0.15) is 33.7 Å². The summed E-state index contributed by atoms with van der Waals surface area (Å²) in [6.07, 6.45) is 4.27. The van der Waals surface area contributed by atoms with E-state index in [1.165, 1.54) is 5.56 Å². The zero-order valence-corrected chi connectivity index (χ0v) is 17.0. The predicted octanol–water partition coefficient (Wildman–Crippen LogP) is 3.51. The fraction of sp³-hybridized carbons (Fsp3) is 0.350. The summed E-state index contributed by atoms with van der Waals surface area (Å²) in [6.45, 7) is 7.37. The Bertz CT molecular complexity index is 944. The number of carbonyl (C=O) groups excluding carboxylic acids is 1. The maximum Gasteiger partial charge on any atom is 0.271 e. The van der Waals surface area contributed by atoms with Crippen molar-refractivity contribution in [1.29, 1.82) is 0 Å². The summed E-state index contributed by atoms with van der Waals surface area (Å²) < 4.78 is 9.16. The first-order valence-corrected chi connectivity index (χ1v) is 9.51. The van der Waals surface area contributed by atoms with Gasteiger partial charge in [-0.15, -0.1) is 0 Å². The Kier molecular flexibility index (Phi) is 6.36. The monoisotopic (exact) mass is 401 g/mol. The molecule has 0 bridgehead atoms. The van der Waals surface area contributed by atoms with Gasteiger partial charge in [-0.1, -0.05) is 29.3 Å². The van der Waals surface area contributed by atoms with Crippen molar-refractivity contribution in [2.75, 3.05) is 6.54 Å². The number of carbonyl (C=O) groups is 1. The second-order valence-electron chi connectivity index (χ2n) is 6.72. The SMILES string of the molecule is Cc1ccc(OCn2ccc(C(=O)NCCCn3cc(Cl)c(C)n3)n2)c(C)c1. The van der Waals surface area contributed by atoms with Crippen LogP contribution in [-0.2, 0) is 13.3 Å². The second-order valence-corrected chi connectivity index (χ2v) is 7.13. The van der Waals surface area contributed by atoms with E-state index in [2.05, 4.69) is 21.6 Å². The van der Waals surface area contributed by atoms with Crippen molar-refractivity contribution < 1.29 is 9.53 Å². The smallest absolute Gasteiger partial charge is 0.271 e. The van der Waals surface area contributed by atoms with E-state index < -0.39 is 0 Å². The van der Waals surface area contributed by atoms with Crippen molar-refractivity contribution in [3.8, 4) is 5.75 Å². The van der Waals surface area contributed by atoms with Crippen LogP contribution < -0.4 is 10.1 Å². The highest BCUT2D eigenvalue weighted by Crippen LogP contribution is 2.19. The summed E-state index contributed by atoms with van der Waals surface area (Å²) in [5, 5.41) is 12.1. The molecule has 2 aromatic heterocycles. The highest BCUT2D eigenvalue weighted by atomic mass is 35.5. The molecule has 0 saturated carbocycles. The van der Waals surface area contributed by atoms with Gasteiger partial charge in [0.2, 0.25) is 0 Å². The van der Waals surface area contributed by atoms with Gasteiger partial charge in [-0.05, 0) is 44.9 Å². The second kappa shape index (κ2) is 8.93. The third-order valence-corrected chi connectivity index (χ3v) is 4.66. The largest absolute Gasteiger partial charge is 0.471 e. The summed E-state index contributed by atoms with van der Waals surface area (Å²) in [5.41, 5.74) is 3.42. The van der Waals surface area contributed by atoms with Crippen LogP contribution in [0.4, 0.5) is 0 Å². The standard InChI is InChI=1S/C20H24ClN5O2/c1-14-5-6-19(15(2)11-14)28-13-26-10-7-18(24-26)20(27)22-8-4-9-25-12-17(21)16(3)23-25/h5-7,10-12H,4,8-9,13H2,1-3H3,(H,22,27). The van der Waals surface area contributed by atoms with E-state index in [0.29, 0.717) is 23.8 Å². The van der Waals surface area contributed by atoms with Gasteiger partial charge in [0.15, 0.2) is 6.73 Å². The summed E-state index contributed by atoms with van der Waals surface area (Å²) in [5.74, 6) is 0.598. The Morgan fingerprint density at radius 1 is 1.18 bits per heavy atom. The van der Waals surface area contributed by atoms with E-state index >= 15 is 0 Å². The molecule has 0 saturated heterocycles. The Labute approximate surface area is 169 Å². The Hall–Kier alpha value is -2.80. The van der Waals surface area contributed by atoms with Crippen molar-refractivity contribution in [3.63, 3.8) is 0 Å². The molecule has 0 radical (unpaired) electrons. The van der Waals surface area contributed by atoms with Crippen molar-refractivity contribution in [3.05, 3.63) is 64.2 Å². The molecule has 3 aromatic rings. The van der Waals surface area contributed by atoms with Crippen LogP contribution >= 0.6 is 11.6 Å². The number of aryl methyl sites for hydroxylation is 4. The van der Waals surface area contributed by atoms with Crippen LogP contribution in [0.5, 0.6) is 5.75 Å². The average molecular weight is 402 g/mol. The third kappa shape index (κ3) is 5.13. The zero-order valence-electron chi connectivity index (χ0n) is 16.3. The molecule has 2 heterocycles. The molecule has 8 heteroatoms. The van der Waals surface area contributed by atoms with Gasteiger partial charge in [-0.2, -0.15) is 10.2 Å². The van der Waals surface area contributed by atoms with Crippen molar-refractivity contribution in [1.82, 2.24) is 24.9 Å². The molecule has 3 rings (SSSR count). The number of amides is 1. The first-order chi connectivity index (χ1) is 13.4. The number of benzene rings is 1. The number of hydrogen-bond acceptors (Lipinski definition) is 4. The Morgan fingerprint density at radius 2 is 2.00 bits per heavy atom. The van der Waals surface area contributed by atoms with Gasteiger partial charge in [0.05, 0.1) is 10.7 Å². The number of aromatic nitrogens is 4. The molecule has 0 fully saturated rings. The Balaban J connectivity index is 1.44. The molecule has 0 atom stereocenters. The minimum Gasteiger partial charge on any atom is -0.471 e. The maximum atomic E-state index is 12.2. The van der Waals surface area contributed by atoms with E-state index in [1.807, 2.05) is 32.9 Å². The molecule has 0 aliphatic heterocycles. The number of ether oxygens (including phenoxy) is 1. The van der Waals surface area contributed by atoms with Gasteiger partial charge in [0.25, 0.3) is 5.91 Å². The first-order valence-electron chi connectivity index (χ1n) is 9.13. The van der Waals surface area contributed by atoms with E-state index in [0.717, 1.165) is 23.4 Å². The molecule has 28 heavy (non-hydrogen) atoms. The predicted molar refractivity (Wildman–Crippen MR) is 108 cm³/mol. The Morgan fingerprint density at radius 3 is 2.71 bits per heavy atom. The van der Waals surface area contributed by atoms with E-state index in [1.54, 1.807) is 27.8 Å². The lowest BCUT2D eigenvalue weighted by molar-refractivity contribution is 0.0945. The molecule has 1 aromatic carbocycles. The van der Waals surface area contributed by atoms with Crippen molar-refractivity contribution >= 4 is 17.5 Å². The van der Waals surface area contributed by atoms with Gasteiger partial charge in [-0.3, -0.25) is 9.48 Å². The lowest BCUT2D eigenvalue weighted by atomic mass is 10.1. The molecule has 1 amide bonds. The number of nitrogens with zero attached hydrogens (tertiary/aromatic N) is 4. The van der Waals surface area contributed by atoms with Gasteiger partial charge in [0.1, 0.15) is 11.4 Å². The summed E-state index contributed by atoms with van der Waals surface area (Å²) in [7, 11) is 0. The number of halogens is 1. The number of hydrogen-bond donors (Lipinski definition) is 1. The lowest BCUT2D eigenvalue weighted by Gasteiger charge is -2.09. The van der Waals surface area contributed by atoms with Crippen molar-refractivity contribution in [2.24, 2.45) is 0 Å². The van der Waals surface area contributed by atoms with Crippen LogP contribution in [0.15, 0.2) is 36.7 Å². The van der Waals surface area contributed by atoms with Crippen LogP contribution in [-0.4, -0.2) is 32.0 Å². The van der Waals surface area contributed by atoms with E-state index in [-0.39, 0.29) is 12.6 Å². The molecule has 148 valence electrons. The zero-order chi connectivity index (χ0) is 20.1. The number of nitrogens with one attached hydrogen (secondary N) is 1. The summed E-state index contributed by atoms with van der Waals surface area (Å²) in [6, 6.07) is 7.69. The van der Waals surface area contributed by atoms with E-state index in [9.17, 15) is 4.79 Å². The van der Waals surface area contributed by atoms with Gasteiger partial charge < -0.3 is 10.1 Å². The van der Waals surface area contributed by atoms with E-state index in [4.69, 9.17) is 16.3 Å². The minimum absolute atomic E-state index is 0.208. The van der Waals surface area contributed by atoms with Crippen LogP contribution in [0.25, 0.3) is 0 Å². The normalized spacial score (nSPS) is 10.9. The molecule has 0 unspecified atom stereocenters. The molecule has 7 nitrogen and oxygen atoms in total. The van der Waals surface area contributed by atoms with Crippen LogP contribution in [0.3, 0.4) is 0 Å². The lowest BCUT2D eigenvalue weighted by Crippen LogP contribution is -2.26. The minimum atomic E-state index is -0.208. The third-order valence-electron chi connectivity index (χ3n) is 4.29. The molecular formula is C20H24ClN5O2. The highest BCUT2D eigenvalue weighted by molar-refractivity contribution is 6.31. The summed E-state index contributed by atoms with van der Waals surface area (Å²) >= 11 is 5.98. The van der Waals surface area contributed by atoms with Crippen LogP contribution in [0.2, 0.25) is 5.02 Å². The fourth-order valence-electron chi connectivity index (χ4n) is 2.79. The quantitative estimate of drug-likeness (QED) is 0.586. The van der Waals surface area contributed by atoms with Gasteiger partial charge in [0, 0.05) is 25.5 Å². The van der Waals surface area contributed by atoms with Gasteiger partial charge in [-0.25, -0.2) is 4.68 Å². The van der Waals surface area contributed by atoms with Crippen LogP contribution in [0, 0.1) is 20.8 Å². The maximum absolute atomic E-state index is 12.2. The number of rotatable bonds is 8. The molecule has 0 aliphatic rings. The van der Waals surface area contributed by atoms with Crippen molar-refractivity contribution in [2.45, 2.75) is 40.5 Å². The highest BCUT2D eigenvalue weighted by Gasteiger charge is 2.10. The summed E-state index contributed by atoms with van der Waals surface area (Å²) in [4.78, 5) is 12.2. The average Bonchev–Trinajstić information content (AvgIpc) is 3.25. The van der Waals surface area contributed by atoms with Gasteiger partial charge >= 0.3 is 0 Å². The fourth-order valence-corrected chi connectivity index (χ4v) is 2.94. The molecule has 1 N–H and O–H groups in total. The molecule has 0 spiro atoms. The topological polar surface area (TPSA) is 74.0 Å². The molecular weight excluding hydrogens is 378 g/mol. The molecule has 0 aliphatic carbocycles. The first kappa shape index (κ1) is 19.9.